The van der Waals surface area contributed by atoms with Crippen molar-refractivity contribution in [2.24, 2.45) is 11.5 Å². The molecular formula is C19H22N2. The standard InChI is InChI=1S/C19H22N2/c1-15(19(21)13-4-2-3-7-14-20)17-12-8-10-16-9-5-6-11-18(16)17/h4-6,8-13,15,19H,7,14,20-21H2,1H3/b13-4+. The van der Waals surface area contributed by atoms with Crippen LogP contribution in [0.15, 0.2) is 54.6 Å². The summed E-state index contributed by atoms with van der Waals surface area (Å²) in [5.74, 6) is 6.19. The lowest BCUT2D eigenvalue weighted by atomic mass is 9.89. The van der Waals surface area contributed by atoms with Crippen LogP contribution in [0.25, 0.3) is 10.8 Å². The number of hydrogen-bond acceptors (Lipinski definition) is 2. The zero-order valence-electron chi connectivity index (χ0n) is 12.4. The van der Waals surface area contributed by atoms with Gasteiger partial charge in [-0.1, -0.05) is 67.3 Å². The number of hydrogen-bond donors (Lipinski definition) is 2. The zero-order chi connectivity index (χ0) is 15.1. The van der Waals surface area contributed by atoms with Crippen LogP contribution in [0, 0.1) is 11.8 Å². The first kappa shape index (κ1) is 15.3. The van der Waals surface area contributed by atoms with Crippen molar-refractivity contribution in [2.75, 3.05) is 6.54 Å². The highest BCUT2D eigenvalue weighted by molar-refractivity contribution is 5.86. The smallest absolute Gasteiger partial charge is 0.0300 e. The average molecular weight is 278 g/mol. The molecular weight excluding hydrogens is 256 g/mol. The summed E-state index contributed by atoms with van der Waals surface area (Å²) in [7, 11) is 0. The molecule has 0 heterocycles. The van der Waals surface area contributed by atoms with Gasteiger partial charge in [0.2, 0.25) is 0 Å². The van der Waals surface area contributed by atoms with Gasteiger partial charge >= 0.3 is 0 Å². The predicted molar refractivity (Wildman–Crippen MR) is 90.9 cm³/mol. The van der Waals surface area contributed by atoms with E-state index in [1.807, 2.05) is 12.2 Å². The highest BCUT2D eigenvalue weighted by atomic mass is 14.6. The van der Waals surface area contributed by atoms with Crippen molar-refractivity contribution in [1.82, 2.24) is 0 Å². The first-order valence-electron chi connectivity index (χ1n) is 7.32. The maximum absolute atomic E-state index is 6.28. The molecule has 2 nitrogen and oxygen atoms in total. The molecule has 21 heavy (non-hydrogen) atoms. The summed E-state index contributed by atoms with van der Waals surface area (Å²) >= 11 is 0. The third kappa shape index (κ3) is 3.95. The van der Waals surface area contributed by atoms with Gasteiger partial charge in [0.1, 0.15) is 0 Å². The summed E-state index contributed by atoms with van der Waals surface area (Å²) in [6.45, 7) is 2.75. The van der Waals surface area contributed by atoms with Crippen LogP contribution in [0.1, 0.15) is 24.8 Å². The van der Waals surface area contributed by atoms with Crippen LogP contribution in [0.3, 0.4) is 0 Å². The highest BCUT2D eigenvalue weighted by Crippen LogP contribution is 2.27. The first-order valence-corrected chi connectivity index (χ1v) is 7.32. The molecule has 0 aromatic heterocycles. The first-order chi connectivity index (χ1) is 10.2. The second kappa shape index (κ2) is 7.64. The average Bonchev–Trinajstić information content (AvgIpc) is 2.53. The lowest BCUT2D eigenvalue weighted by Gasteiger charge is -2.19. The van der Waals surface area contributed by atoms with Gasteiger partial charge in [0.15, 0.2) is 0 Å². The molecule has 0 aliphatic rings. The Morgan fingerprint density at radius 3 is 2.71 bits per heavy atom. The molecule has 0 amide bonds. The van der Waals surface area contributed by atoms with Crippen molar-refractivity contribution in [3.63, 3.8) is 0 Å². The summed E-state index contributed by atoms with van der Waals surface area (Å²) in [6, 6.07) is 14.7. The lowest BCUT2D eigenvalue weighted by molar-refractivity contribution is 0.668. The highest BCUT2D eigenvalue weighted by Gasteiger charge is 2.14. The fourth-order valence-corrected chi connectivity index (χ4v) is 2.38. The maximum Gasteiger partial charge on any atom is 0.0300 e. The van der Waals surface area contributed by atoms with Gasteiger partial charge < -0.3 is 11.5 Å². The molecule has 0 bridgehead atoms. The van der Waals surface area contributed by atoms with Gasteiger partial charge in [0, 0.05) is 24.9 Å². The van der Waals surface area contributed by atoms with Gasteiger partial charge in [-0.05, 0) is 22.4 Å². The molecule has 108 valence electrons. The molecule has 2 rings (SSSR count). The normalized spacial score (nSPS) is 13.9. The number of rotatable bonds is 4. The van der Waals surface area contributed by atoms with Crippen LogP contribution in [-0.4, -0.2) is 12.6 Å². The van der Waals surface area contributed by atoms with E-state index in [0.29, 0.717) is 6.54 Å². The Bertz CT molecular complexity index is 671. The molecule has 0 saturated carbocycles. The number of benzene rings is 2. The van der Waals surface area contributed by atoms with Gasteiger partial charge in [0.05, 0.1) is 0 Å². The molecule has 2 unspecified atom stereocenters. The quantitative estimate of drug-likeness (QED) is 0.844. The van der Waals surface area contributed by atoms with E-state index in [4.69, 9.17) is 11.5 Å². The van der Waals surface area contributed by atoms with Crippen molar-refractivity contribution >= 4 is 10.8 Å². The Morgan fingerprint density at radius 2 is 1.90 bits per heavy atom. The molecule has 4 N–H and O–H groups in total. The van der Waals surface area contributed by atoms with Crippen molar-refractivity contribution < 1.29 is 0 Å². The van der Waals surface area contributed by atoms with Crippen molar-refractivity contribution in [1.29, 1.82) is 0 Å². The molecule has 0 aliphatic heterocycles. The van der Waals surface area contributed by atoms with Crippen LogP contribution in [0.4, 0.5) is 0 Å². The van der Waals surface area contributed by atoms with E-state index in [1.165, 1.54) is 16.3 Å². The van der Waals surface area contributed by atoms with Gasteiger partial charge in [0.25, 0.3) is 0 Å². The summed E-state index contributed by atoms with van der Waals surface area (Å²) in [5, 5.41) is 2.52. The summed E-state index contributed by atoms with van der Waals surface area (Å²) < 4.78 is 0. The van der Waals surface area contributed by atoms with Crippen LogP contribution >= 0.6 is 0 Å². The van der Waals surface area contributed by atoms with E-state index in [0.717, 1.165) is 6.42 Å². The van der Waals surface area contributed by atoms with Crippen LogP contribution in [0.2, 0.25) is 0 Å². The third-order valence-electron chi connectivity index (χ3n) is 3.66. The SMILES string of the molecule is CC(c1cccc2ccccc12)C(N)/C=C/C#CCCN. The monoisotopic (exact) mass is 278 g/mol. The predicted octanol–water partition coefficient (Wildman–Crippen LogP) is 3.18. The molecule has 0 spiro atoms. The Labute approximate surface area is 126 Å². The Hall–Kier alpha value is -2.08. The third-order valence-corrected chi connectivity index (χ3v) is 3.66. The van der Waals surface area contributed by atoms with Crippen molar-refractivity contribution in [3.8, 4) is 11.8 Å². The summed E-state index contributed by atoms with van der Waals surface area (Å²) in [4.78, 5) is 0. The summed E-state index contributed by atoms with van der Waals surface area (Å²) in [5.41, 5.74) is 12.9. The van der Waals surface area contributed by atoms with Crippen LogP contribution in [-0.2, 0) is 0 Å². The molecule has 0 saturated heterocycles. The molecule has 0 radical (unpaired) electrons. The molecule has 2 aromatic carbocycles. The van der Waals surface area contributed by atoms with E-state index < -0.39 is 0 Å². The second-order valence-electron chi connectivity index (χ2n) is 5.15. The van der Waals surface area contributed by atoms with Crippen LogP contribution in [0.5, 0.6) is 0 Å². The van der Waals surface area contributed by atoms with E-state index in [-0.39, 0.29) is 12.0 Å². The topological polar surface area (TPSA) is 52.0 Å². The molecule has 2 heteroatoms. The van der Waals surface area contributed by atoms with Crippen LogP contribution < -0.4 is 11.5 Å². The van der Waals surface area contributed by atoms with Gasteiger partial charge in [-0.3, -0.25) is 0 Å². The largest absolute Gasteiger partial charge is 0.330 e. The molecule has 0 fully saturated rings. The number of fused-ring (bicyclic) bond motifs is 1. The van der Waals surface area contributed by atoms with Gasteiger partial charge in [-0.15, -0.1) is 0 Å². The fourth-order valence-electron chi connectivity index (χ4n) is 2.38. The molecule has 2 aromatic rings. The maximum atomic E-state index is 6.28. The fraction of sp³-hybridized carbons (Fsp3) is 0.263. The number of nitrogens with two attached hydrogens (primary N) is 2. The summed E-state index contributed by atoms with van der Waals surface area (Å²) in [6.07, 6.45) is 4.52. The minimum Gasteiger partial charge on any atom is -0.330 e. The van der Waals surface area contributed by atoms with E-state index in [2.05, 4.69) is 61.2 Å². The minimum absolute atomic E-state index is 0.0528. The molecule has 2 atom stereocenters. The van der Waals surface area contributed by atoms with Crippen molar-refractivity contribution in [2.45, 2.75) is 25.3 Å². The minimum atomic E-state index is -0.0528. The molecule has 0 aliphatic carbocycles. The lowest BCUT2D eigenvalue weighted by Crippen LogP contribution is -2.24. The number of allylic oxidation sites excluding steroid dienone is 1. The van der Waals surface area contributed by atoms with Gasteiger partial charge in [-0.2, -0.15) is 0 Å². The second-order valence-corrected chi connectivity index (χ2v) is 5.15. The zero-order valence-corrected chi connectivity index (χ0v) is 12.4. The van der Waals surface area contributed by atoms with E-state index >= 15 is 0 Å². The van der Waals surface area contributed by atoms with Crippen molar-refractivity contribution in [3.05, 3.63) is 60.2 Å². The van der Waals surface area contributed by atoms with Gasteiger partial charge in [-0.25, -0.2) is 0 Å². The Balaban J connectivity index is 2.18. The van der Waals surface area contributed by atoms with E-state index in [9.17, 15) is 0 Å². The Morgan fingerprint density at radius 1 is 1.14 bits per heavy atom. The van der Waals surface area contributed by atoms with E-state index in [1.54, 1.807) is 0 Å². The Kier molecular flexibility index (Phi) is 5.57.